The number of halogens is 1. The van der Waals surface area contributed by atoms with E-state index in [-0.39, 0.29) is 0 Å². The lowest BCUT2D eigenvalue weighted by atomic mass is 9.78. The molecule has 3 heteroatoms. The molecule has 1 aliphatic rings. The smallest absolute Gasteiger partial charge is 0.0282 e. The number of hydrogen-bond acceptors (Lipinski definition) is 2. The molecule has 120 valence electrons. The van der Waals surface area contributed by atoms with Crippen LogP contribution in [0, 0.1) is 17.3 Å². The molecule has 0 nitrogen and oxygen atoms in total. The molecule has 2 heterocycles. The van der Waals surface area contributed by atoms with Gasteiger partial charge in [-0.3, -0.25) is 0 Å². The zero-order chi connectivity index (χ0) is 15.7. The Balaban J connectivity index is 0.000000304. The second-order valence-electron chi connectivity index (χ2n) is 6.78. The van der Waals surface area contributed by atoms with Crippen LogP contribution in [0.1, 0.15) is 53.4 Å². The molecule has 0 N–H and O–H groups in total. The molecule has 2 rings (SSSR count). The number of thiophene rings is 1. The zero-order valence-corrected chi connectivity index (χ0v) is 17.0. The van der Waals surface area contributed by atoms with Crippen molar-refractivity contribution in [3.05, 3.63) is 32.8 Å². The van der Waals surface area contributed by atoms with Gasteiger partial charge in [0.05, 0.1) is 0 Å². The molecule has 1 aliphatic heterocycles. The molecule has 0 radical (unpaired) electrons. The van der Waals surface area contributed by atoms with E-state index in [1.54, 1.807) is 11.3 Å². The van der Waals surface area contributed by atoms with Crippen LogP contribution in [0.25, 0.3) is 0 Å². The van der Waals surface area contributed by atoms with Gasteiger partial charge in [0.25, 0.3) is 0 Å². The van der Waals surface area contributed by atoms with E-state index in [0.717, 1.165) is 11.8 Å². The van der Waals surface area contributed by atoms with Gasteiger partial charge in [-0.25, -0.2) is 0 Å². The Morgan fingerprint density at radius 3 is 2.05 bits per heavy atom. The van der Waals surface area contributed by atoms with E-state index in [1.165, 1.54) is 35.9 Å². The summed E-state index contributed by atoms with van der Waals surface area (Å²) in [5.74, 6) is 3.02. The van der Waals surface area contributed by atoms with E-state index in [4.69, 9.17) is 0 Å². The molecule has 0 fully saturated rings. The van der Waals surface area contributed by atoms with E-state index in [2.05, 4.69) is 55.1 Å². The zero-order valence-electron chi connectivity index (χ0n) is 13.8. The maximum absolute atomic E-state index is 3.29. The fraction of sp³-hybridized carbons (Fsp3) is 0.667. The molecule has 0 saturated heterocycles. The van der Waals surface area contributed by atoms with E-state index >= 15 is 0 Å². The minimum Gasteiger partial charge on any atom is -0.151 e. The third-order valence-corrected chi connectivity index (χ3v) is 6.36. The lowest BCUT2D eigenvalue weighted by molar-refractivity contribution is 0.311. The molecule has 0 aliphatic carbocycles. The minimum atomic E-state index is 0.541. The Kier molecular flexibility index (Phi) is 9.31. The Morgan fingerprint density at radius 2 is 1.76 bits per heavy atom. The number of hydrogen-bond donors (Lipinski definition) is 0. The van der Waals surface area contributed by atoms with Gasteiger partial charge in [0.2, 0.25) is 0 Å². The largest absolute Gasteiger partial charge is 0.151 e. The molecular weight excluding hydrogens is 360 g/mol. The molecule has 0 saturated carbocycles. The monoisotopic (exact) mass is 388 g/mol. The van der Waals surface area contributed by atoms with Gasteiger partial charge in [0, 0.05) is 15.6 Å². The molecule has 21 heavy (non-hydrogen) atoms. The summed E-state index contributed by atoms with van der Waals surface area (Å²) in [6, 6.07) is 2.02. The van der Waals surface area contributed by atoms with Crippen LogP contribution in [0.4, 0.5) is 0 Å². The summed E-state index contributed by atoms with van der Waals surface area (Å²) in [6.07, 6.45) is 8.02. The first-order valence-electron chi connectivity index (χ1n) is 7.90. The van der Waals surface area contributed by atoms with Crippen LogP contribution in [-0.2, 0) is 0 Å². The van der Waals surface area contributed by atoms with Gasteiger partial charge in [-0.1, -0.05) is 46.6 Å². The first kappa shape index (κ1) is 19.3. The van der Waals surface area contributed by atoms with Crippen molar-refractivity contribution >= 4 is 39.0 Å². The molecule has 0 spiro atoms. The van der Waals surface area contributed by atoms with E-state index in [0.29, 0.717) is 5.41 Å². The van der Waals surface area contributed by atoms with Crippen molar-refractivity contribution in [2.45, 2.75) is 53.4 Å². The molecule has 0 atom stereocenters. The van der Waals surface area contributed by atoms with Crippen LogP contribution in [0.2, 0.25) is 0 Å². The van der Waals surface area contributed by atoms with Crippen molar-refractivity contribution in [3.8, 4) is 0 Å². The van der Waals surface area contributed by atoms with Gasteiger partial charge in [-0.2, -0.15) is 11.3 Å². The van der Waals surface area contributed by atoms with Crippen molar-refractivity contribution < 1.29 is 0 Å². The lowest BCUT2D eigenvalue weighted by Crippen LogP contribution is -2.20. The molecule has 0 aromatic carbocycles. The van der Waals surface area contributed by atoms with E-state index in [1.807, 2.05) is 28.6 Å². The molecule has 0 bridgehead atoms. The summed E-state index contributed by atoms with van der Waals surface area (Å²) in [5, 5.41) is 6.39. The topological polar surface area (TPSA) is 0 Å². The third kappa shape index (κ3) is 8.47. The first-order valence-corrected chi connectivity index (χ1v) is 10.7. The van der Waals surface area contributed by atoms with Gasteiger partial charge < -0.3 is 0 Å². The highest BCUT2D eigenvalue weighted by atomic mass is 79.9. The second-order valence-corrected chi connectivity index (χ2v) is 9.37. The first-order chi connectivity index (χ1) is 9.93. The standard InChI is InChI=1S/C14H26S.C4H3BrS/c1-12(2)5-7-14(8-6-13(3)4)9-10-15-11-14;5-4-1-2-6-3-4/h9-10,12-13H,5-8,11H2,1-4H3;1-3H. The van der Waals surface area contributed by atoms with Crippen LogP contribution >= 0.6 is 39.0 Å². The SMILES string of the molecule is Brc1ccsc1.CC(C)CCC1(CCC(C)C)C=CSC1. The van der Waals surface area contributed by atoms with Gasteiger partial charge >= 0.3 is 0 Å². The Morgan fingerprint density at radius 1 is 1.14 bits per heavy atom. The summed E-state index contributed by atoms with van der Waals surface area (Å²) in [6.45, 7) is 9.34. The Bertz CT molecular complexity index is 381. The van der Waals surface area contributed by atoms with Gasteiger partial charge in [-0.15, -0.1) is 11.8 Å². The summed E-state index contributed by atoms with van der Waals surface area (Å²) in [7, 11) is 0. The average molecular weight is 389 g/mol. The van der Waals surface area contributed by atoms with E-state index < -0.39 is 0 Å². The quantitative estimate of drug-likeness (QED) is 0.482. The van der Waals surface area contributed by atoms with Crippen LogP contribution in [0.15, 0.2) is 32.8 Å². The summed E-state index contributed by atoms with van der Waals surface area (Å²) in [5.41, 5.74) is 0.541. The van der Waals surface area contributed by atoms with Crippen molar-refractivity contribution in [3.63, 3.8) is 0 Å². The average Bonchev–Trinajstić information content (AvgIpc) is 3.07. The number of allylic oxidation sites excluding steroid dienone is 1. The maximum Gasteiger partial charge on any atom is 0.0282 e. The predicted octanol–water partition coefficient (Wildman–Crippen LogP) is 7.62. The normalized spacial score (nSPS) is 16.3. The molecular formula is C18H29BrS2. The molecule has 1 aromatic heterocycles. The van der Waals surface area contributed by atoms with Crippen LogP contribution in [0.3, 0.4) is 0 Å². The van der Waals surface area contributed by atoms with Crippen molar-refractivity contribution in [1.29, 1.82) is 0 Å². The number of rotatable bonds is 6. The lowest BCUT2D eigenvalue weighted by Gasteiger charge is -2.28. The Hall–Kier alpha value is 0.270. The molecule has 0 unspecified atom stereocenters. The third-order valence-electron chi connectivity index (χ3n) is 3.81. The fourth-order valence-corrected chi connectivity index (χ4v) is 4.63. The highest BCUT2D eigenvalue weighted by Crippen LogP contribution is 2.42. The summed E-state index contributed by atoms with van der Waals surface area (Å²) < 4.78 is 1.17. The van der Waals surface area contributed by atoms with Crippen molar-refractivity contribution in [1.82, 2.24) is 0 Å². The molecule has 1 aromatic rings. The highest BCUT2D eigenvalue weighted by Gasteiger charge is 2.29. The van der Waals surface area contributed by atoms with Crippen molar-refractivity contribution in [2.75, 3.05) is 5.75 Å². The van der Waals surface area contributed by atoms with Crippen LogP contribution in [-0.4, -0.2) is 5.75 Å². The summed E-state index contributed by atoms with van der Waals surface area (Å²) in [4.78, 5) is 0. The summed E-state index contributed by atoms with van der Waals surface area (Å²) >= 11 is 6.99. The van der Waals surface area contributed by atoms with Gasteiger partial charge in [-0.05, 0) is 62.9 Å². The second kappa shape index (κ2) is 10.1. The fourth-order valence-electron chi connectivity index (χ4n) is 2.29. The van der Waals surface area contributed by atoms with Gasteiger partial charge in [0.15, 0.2) is 0 Å². The van der Waals surface area contributed by atoms with Crippen LogP contribution < -0.4 is 0 Å². The van der Waals surface area contributed by atoms with Crippen molar-refractivity contribution in [2.24, 2.45) is 17.3 Å². The minimum absolute atomic E-state index is 0.541. The number of thioether (sulfide) groups is 1. The van der Waals surface area contributed by atoms with E-state index in [9.17, 15) is 0 Å². The predicted molar refractivity (Wildman–Crippen MR) is 104 cm³/mol. The van der Waals surface area contributed by atoms with Crippen LogP contribution in [0.5, 0.6) is 0 Å². The van der Waals surface area contributed by atoms with Gasteiger partial charge in [0.1, 0.15) is 0 Å². The maximum atomic E-state index is 3.29. The highest BCUT2D eigenvalue weighted by molar-refractivity contribution is 9.10. The molecule has 0 amide bonds. The Labute approximate surface area is 147 Å².